The Bertz CT molecular complexity index is 427. The van der Waals surface area contributed by atoms with Crippen molar-refractivity contribution < 1.29 is 4.79 Å². The van der Waals surface area contributed by atoms with Crippen LogP contribution < -0.4 is 5.32 Å². The van der Waals surface area contributed by atoms with Crippen molar-refractivity contribution in [3.8, 4) is 0 Å². The molecule has 4 heteroatoms. The van der Waals surface area contributed by atoms with Crippen LogP contribution in [-0.4, -0.2) is 29.4 Å². The summed E-state index contributed by atoms with van der Waals surface area (Å²) < 4.78 is 0. The van der Waals surface area contributed by atoms with Gasteiger partial charge in [0, 0.05) is 12.6 Å². The zero-order valence-corrected chi connectivity index (χ0v) is 12.3. The van der Waals surface area contributed by atoms with Crippen LogP contribution in [0.3, 0.4) is 0 Å². The highest BCUT2D eigenvalue weighted by atomic mass is 32.1. The first-order chi connectivity index (χ1) is 9.24. The van der Waals surface area contributed by atoms with Gasteiger partial charge in [-0.2, -0.15) is 11.3 Å². The molecule has 1 aromatic heterocycles. The molecule has 1 aliphatic carbocycles. The number of hydrogen-bond acceptors (Lipinski definition) is 3. The second-order valence-corrected chi connectivity index (χ2v) is 6.75. The van der Waals surface area contributed by atoms with Gasteiger partial charge < -0.3 is 10.2 Å². The number of hydrogen-bond donors (Lipinski definition) is 1. The maximum absolute atomic E-state index is 12.7. The summed E-state index contributed by atoms with van der Waals surface area (Å²) in [6.07, 6.45) is 4.54. The van der Waals surface area contributed by atoms with Gasteiger partial charge in [-0.1, -0.05) is 6.92 Å². The van der Waals surface area contributed by atoms with Crippen LogP contribution >= 0.6 is 11.3 Å². The lowest BCUT2D eigenvalue weighted by Crippen LogP contribution is -2.50. The fourth-order valence-corrected chi connectivity index (χ4v) is 3.51. The van der Waals surface area contributed by atoms with E-state index in [1.165, 1.54) is 24.8 Å². The van der Waals surface area contributed by atoms with Crippen LogP contribution in [0.4, 0.5) is 0 Å². The van der Waals surface area contributed by atoms with Gasteiger partial charge in [0.05, 0.1) is 6.04 Å². The predicted molar refractivity (Wildman–Crippen MR) is 78.1 cm³/mol. The molecule has 2 aliphatic rings. The Morgan fingerprint density at radius 2 is 2.32 bits per heavy atom. The molecule has 1 saturated carbocycles. The average Bonchev–Trinajstić information content (AvgIpc) is 3.12. The van der Waals surface area contributed by atoms with Gasteiger partial charge >= 0.3 is 0 Å². The van der Waals surface area contributed by atoms with Crippen LogP contribution in [0, 0.1) is 5.92 Å². The number of rotatable bonds is 4. The summed E-state index contributed by atoms with van der Waals surface area (Å²) in [5.41, 5.74) is 1.27. The number of carbonyl (C=O) groups excluding carboxylic acids is 1. The second kappa shape index (κ2) is 5.63. The van der Waals surface area contributed by atoms with E-state index >= 15 is 0 Å². The fraction of sp³-hybridized carbons (Fsp3) is 0.667. The second-order valence-electron chi connectivity index (χ2n) is 5.97. The lowest BCUT2D eigenvalue weighted by Gasteiger charge is -2.32. The fourth-order valence-electron chi connectivity index (χ4n) is 2.85. The Hall–Kier alpha value is -0.870. The summed E-state index contributed by atoms with van der Waals surface area (Å²) in [5, 5.41) is 7.64. The zero-order chi connectivity index (χ0) is 13.2. The molecular formula is C15H22N2OS. The maximum Gasteiger partial charge on any atom is 0.240 e. The number of thiophene rings is 1. The van der Waals surface area contributed by atoms with Crippen molar-refractivity contribution in [3.63, 3.8) is 0 Å². The molecule has 0 aromatic carbocycles. The SMILES string of the molecule is CC1CCNC(C(=O)N(Cc2ccsc2)C2CC2)C1. The number of nitrogens with one attached hydrogen (secondary N) is 1. The maximum atomic E-state index is 12.7. The minimum Gasteiger partial charge on any atom is -0.334 e. The molecule has 104 valence electrons. The Kier molecular flexibility index (Phi) is 3.89. The zero-order valence-electron chi connectivity index (χ0n) is 11.5. The van der Waals surface area contributed by atoms with Gasteiger partial charge in [-0.25, -0.2) is 0 Å². The molecule has 2 unspecified atom stereocenters. The first-order valence-corrected chi connectivity index (χ1v) is 8.23. The quantitative estimate of drug-likeness (QED) is 0.918. The molecule has 2 fully saturated rings. The molecule has 1 saturated heterocycles. The monoisotopic (exact) mass is 278 g/mol. The molecule has 0 radical (unpaired) electrons. The van der Waals surface area contributed by atoms with Crippen molar-refractivity contribution in [2.45, 2.75) is 51.2 Å². The van der Waals surface area contributed by atoms with E-state index in [2.05, 4.69) is 34.0 Å². The standard InChI is InChI=1S/C15H22N2OS/c1-11-4-6-16-14(8-11)15(18)17(13-2-3-13)9-12-5-7-19-10-12/h5,7,10-11,13-14,16H,2-4,6,8-9H2,1H3. The lowest BCUT2D eigenvalue weighted by atomic mass is 9.93. The van der Waals surface area contributed by atoms with E-state index in [1.807, 2.05) is 0 Å². The largest absolute Gasteiger partial charge is 0.334 e. The van der Waals surface area contributed by atoms with Gasteiger partial charge in [0.1, 0.15) is 0 Å². The minimum atomic E-state index is 0.0444. The average molecular weight is 278 g/mol. The summed E-state index contributed by atoms with van der Waals surface area (Å²) in [6, 6.07) is 2.67. The highest BCUT2D eigenvalue weighted by Crippen LogP contribution is 2.30. The molecule has 3 rings (SSSR count). The van der Waals surface area contributed by atoms with Crippen molar-refractivity contribution in [1.82, 2.24) is 10.2 Å². The van der Waals surface area contributed by atoms with E-state index in [1.54, 1.807) is 11.3 Å². The molecule has 1 aromatic rings. The van der Waals surface area contributed by atoms with Gasteiger partial charge in [-0.05, 0) is 60.5 Å². The van der Waals surface area contributed by atoms with Crippen molar-refractivity contribution in [3.05, 3.63) is 22.4 Å². The highest BCUT2D eigenvalue weighted by Gasteiger charge is 2.36. The first-order valence-electron chi connectivity index (χ1n) is 7.29. The third kappa shape index (κ3) is 3.18. The van der Waals surface area contributed by atoms with Crippen LogP contribution in [0.2, 0.25) is 0 Å². The van der Waals surface area contributed by atoms with Crippen LogP contribution in [0.25, 0.3) is 0 Å². The third-order valence-corrected chi connectivity index (χ3v) is 4.90. The molecule has 2 atom stereocenters. The van der Waals surface area contributed by atoms with Crippen LogP contribution in [0.15, 0.2) is 16.8 Å². The lowest BCUT2D eigenvalue weighted by molar-refractivity contribution is -0.135. The van der Waals surface area contributed by atoms with E-state index in [9.17, 15) is 4.79 Å². The van der Waals surface area contributed by atoms with Crippen molar-refractivity contribution in [1.29, 1.82) is 0 Å². The van der Waals surface area contributed by atoms with E-state index in [-0.39, 0.29) is 6.04 Å². The van der Waals surface area contributed by atoms with Crippen molar-refractivity contribution in [2.75, 3.05) is 6.54 Å². The minimum absolute atomic E-state index is 0.0444. The molecule has 3 nitrogen and oxygen atoms in total. The van der Waals surface area contributed by atoms with Crippen molar-refractivity contribution >= 4 is 17.2 Å². The van der Waals surface area contributed by atoms with Gasteiger partial charge in [-0.15, -0.1) is 0 Å². The smallest absolute Gasteiger partial charge is 0.240 e. The summed E-state index contributed by atoms with van der Waals surface area (Å²) in [7, 11) is 0. The van der Waals surface area contributed by atoms with Gasteiger partial charge in [0.15, 0.2) is 0 Å². The van der Waals surface area contributed by atoms with Crippen LogP contribution in [0.5, 0.6) is 0 Å². The molecule has 1 amide bonds. The summed E-state index contributed by atoms with van der Waals surface area (Å²) in [5.74, 6) is 0.984. The highest BCUT2D eigenvalue weighted by molar-refractivity contribution is 7.07. The number of piperidine rings is 1. The molecule has 1 N–H and O–H groups in total. The van der Waals surface area contributed by atoms with Gasteiger partial charge in [0.2, 0.25) is 5.91 Å². The number of carbonyl (C=O) groups is 1. The molecule has 0 bridgehead atoms. The van der Waals surface area contributed by atoms with E-state index in [0.29, 0.717) is 17.9 Å². The summed E-state index contributed by atoms with van der Waals surface area (Å²) >= 11 is 1.71. The predicted octanol–water partition coefficient (Wildman–Crippen LogP) is 2.63. The van der Waals surface area contributed by atoms with E-state index in [0.717, 1.165) is 19.5 Å². The van der Waals surface area contributed by atoms with Crippen molar-refractivity contribution in [2.24, 2.45) is 5.92 Å². The normalized spacial score (nSPS) is 27.2. The Labute approximate surface area is 119 Å². The topological polar surface area (TPSA) is 32.3 Å². The van der Waals surface area contributed by atoms with Crippen LogP contribution in [-0.2, 0) is 11.3 Å². The summed E-state index contributed by atoms with van der Waals surface area (Å²) in [6.45, 7) is 4.02. The molecule has 19 heavy (non-hydrogen) atoms. The number of amides is 1. The molecule has 0 spiro atoms. The van der Waals surface area contributed by atoms with Crippen LogP contribution in [0.1, 0.15) is 38.2 Å². The third-order valence-electron chi connectivity index (χ3n) is 4.17. The Morgan fingerprint density at radius 1 is 1.47 bits per heavy atom. The van der Waals surface area contributed by atoms with Gasteiger partial charge in [-0.3, -0.25) is 4.79 Å². The van der Waals surface area contributed by atoms with E-state index < -0.39 is 0 Å². The number of nitrogens with zero attached hydrogens (tertiary/aromatic N) is 1. The molecular weight excluding hydrogens is 256 g/mol. The Balaban J connectivity index is 1.67. The Morgan fingerprint density at radius 3 is 2.95 bits per heavy atom. The van der Waals surface area contributed by atoms with E-state index in [4.69, 9.17) is 0 Å². The summed E-state index contributed by atoms with van der Waals surface area (Å²) in [4.78, 5) is 14.8. The molecule has 2 heterocycles. The van der Waals surface area contributed by atoms with Gasteiger partial charge in [0.25, 0.3) is 0 Å². The molecule has 1 aliphatic heterocycles. The first kappa shape index (κ1) is 13.1.